The SMILES string of the molecule is C[C@@H]1[C@H](c2ccccc2)Oc2nc(=S)[nH]c(=O)n21. The van der Waals surface area contributed by atoms with E-state index in [9.17, 15) is 4.79 Å². The molecule has 0 amide bonds. The van der Waals surface area contributed by atoms with Crippen LogP contribution in [-0.4, -0.2) is 14.5 Å². The molecule has 0 spiro atoms. The van der Waals surface area contributed by atoms with Crippen LogP contribution in [0.5, 0.6) is 6.01 Å². The fraction of sp³-hybridized carbons (Fsp3) is 0.250. The molecule has 3 rings (SSSR count). The molecule has 6 heteroatoms. The van der Waals surface area contributed by atoms with E-state index in [4.69, 9.17) is 17.0 Å². The van der Waals surface area contributed by atoms with Crippen molar-refractivity contribution in [3.05, 3.63) is 51.2 Å². The Balaban J connectivity index is 2.10. The predicted molar refractivity (Wildman–Crippen MR) is 68.2 cm³/mol. The second kappa shape index (κ2) is 4.06. The first kappa shape index (κ1) is 11.2. The zero-order chi connectivity index (χ0) is 12.7. The van der Waals surface area contributed by atoms with Crippen LogP contribution in [0.2, 0.25) is 0 Å². The van der Waals surface area contributed by atoms with Crippen molar-refractivity contribution in [3.8, 4) is 6.01 Å². The summed E-state index contributed by atoms with van der Waals surface area (Å²) >= 11 is 4.87. The molecule has 1 aromatic heterocycles. The number of nitrogens with zero attached hydrogens (tertiary/aromatic N) is 2. The summed E-state index contributed by atoms with van der Waals surface area (Å²) in [6.07, 6.45) is -0.211. The summed E-state index contributed by atoms with van der Waals surface area (Å²) < 4.78 is 7.37. The van der Waals surface area contributed by atoms with E-state index in [0.717, 1.165) is 5.56 Å². The first-order chi connectivity index (χ1) is 8.66. The number of aromatic amines is 1. The van der Waals surface area contributed by atoms with E-state index in [1.165, 1.54) is 4.57 Å². The van der Waals surface area contributed by atoms with Gasteiger partial charge in [0.25, 0.3) is 0 Å². The Morgan fingerprint density at radius 1 is 1.39 bits per heavy atom. The Labute approximate surface area is 108 Å². The number of aromatic nitrogens is 3. The van der Waals surface area contributed by atoms with Gasteiger partial charge in [-0.1, -0.05) is 30.3 Å². The van der Waals surface area contributed by atoms with Gasteiger partial charge in [0.1, 0.15) is 6.10 Å². The highest BCUT2D eigenvalue weighted by Gasteiger charge is 2.33. The first-order valence-corrected chi connectivity index (χ1v) is 6.02. The molecular formula is C12H11N3O2S. The van der Waals surface area contributed by atoms with Crippen molar-refractivity contribution >= 4 is 12.2 Å². The van der Waals surface area contributed by atoms with E-state index in [2.05, 4.69) is 9.97 Å². The van der Waals surface area contributed by atoms with Crippen LogP contribution in [0.1, 0.15) is 24.6 Å². The van der Waals surface area contributed by atoms with Crippen molar-refractivity contribution < 1.29 is 4.74 Å². The molecule has 2 atom stereocenters. The maximum absolute atomic E-state index is 11.8. The second-order valence-corrected chi connectivity index (χ2v) is 4.58. The Morgan fingerprint density at radius 3 is 2.83 bits per heavy atom. The molecule has 1 N–H and O–H groups in total. The van der Waals surface area contributed by atoms with Crippen molar-refractivity contribution in [1.82, 2.24) is 14.5 Å². The van der Waals surface area contributed by atoms with Crippen LogP contribution in [-0.2, 0) is 0 Å². The van der Waals surface area contributed by atoms with Gasteiger partial charge in [0.2, 0.25) is 4.77 Å². The van der Waals surface area contributed by atoms with Gasteiger partial charge in [-0.3, -0.25) is 4.98 Å². The van der Waals surface area contributed by atoms with E-state index in [1.54, 1.807) is 0 Å². The third-order valence-corrected chi connectivity index (χ3v) is 3.24. The van der Waals surface area contributed by atoms with Gasteiger partial charge in [-0.15, -0.1) is 0 Å². The number of nitrogens with one attached hydrogen (secondary N) is 1. The van der Waals surface area contributed by atoms with E-state index >= 15 is 0 Å². The molecular weight excluding hydrogens is 250 g/mol. The molecule has 1 aliphatic heterocycles. The van der Waals surface area contributed by atoms with E-state index < -0.39 is 0 Å². The Hall–Kier alpha value is -1.95. The van der Waals surface area contributed by atoms with Crippen molar-refractivity contribution in [2.75, 3.05) is 0 Å². The molecule has 1 aromatic carbocycles. The summed E-state index contributed by atoms with van der Waals surface area (Å²) in [4.78, 5) is 18.4. The number of fused-ring (bicyclic) bond motifs is 1. The van der Waals surface area contributed by atoms with Gasteiger partial charge < -0.3 is 4.74 Å². The van der Waals surface area contributed by atoms with Crippen molar-refractivity contribution in [2.45, 2.75) is 19.1 Å². The van der Waals surface area contributed by atoms with Crippen LogP contribution in [0.3, 0.4) is 0 Å². The summed E-state index contributed by atoms with van der Waals surface area (Å²) in [5.74, 6) is 0. The van der Waals surface area contributed by atoms with Gasteiger partial charge in [-0.2, -0.15) is 4.98 Å². The smallest absolute Gasteiger partial charge is 0.332 e. The average molecular weight is 261 g/mol. The predicted octanol–water partition coefficient (Wildman–Crippen LogP) is 2.00. The molecule has 18 heavy (non-hydrogen) atoms. The number of ether oxygens (including phenoxy) is 1. The summed E-state index contributed by atoms with van der Waals surface area (Å²) in [5, 5.41) is 0. The molecule has 0 fully saturated rings. The standard InChI is InChI=1S/C12H11N3O2S/c1-7-9(8-5-3-2-4-6-8)17-12-14-10(18)13-11(16)15(7)12/h2-7,9H,1H3,(H,13,16,18)/t7-,9-/m1/s1. The zero-order valence-electron chi connectivity index (χ0n) is 9.66. The lowest BCUT2D eigenvalue weighted by atomic mass is 10.0. The summed E-state index contributed by atoms with van der Waals surface area (Å²) in [7, 11) is 0. The van der Waals surface area contributed by atoms with Crippen LogP contribution in [0.4, 0.5) is 0 Å². The molecule has 0 saturated carbocycles. The quantitative estimate of drug-likeness (QED) is 0.798. The van der Waals surface area contributed by atoms with E-state index in [1.807, 2.05) is 37.3 Å². The van der Waals surface area contributed by atoms with Gasteiger partial charge in [0.15, 0.2) is 0 Å². The molecule has 0 aliphatic carbocycles. The molecule has 5 nitrogen and oxygen atoms in total. The van der Waals surface area contributed by atoms with Gasteiger partial charge in [-0.25, -0.2) is 9.36 Å². The lowest BCUT2D eigenvalue weighted by Gasteiger charge is -2.14. The number of benzene rings is 1. The van der Waals surface area contributed by atoms with Crippen LogP contribution in [0.25, 0.3) is 0 Å². The number of rotatable bonds is 1. The molecule has 1 aliphatic rings. The Bertz CT molecular complexity index is 692. The topological polar surface area (TPSA) is 59.9 Å². The minimum Gasteiger partial charge on any atom is -0.454 e. The van der Waals surface area contributed by atoms with E-state index in [-0.39, 0.29) is 28.6 Å². The highest BCUT2D eigenvalue weighted by molar-refractivity contribution is 7.71. The molecule has 0 radical (unpaired) electrons. The minimum atomic E-state index is -0.282. The van der Waals surface area contributed by atoms with Crippen molar-refractivity contribution in [1.29, 1.82) is 0 Å². The summed E-state index contributed by atoms with van der Waals surface area (Å²) in [6.45, 7) is 1.92. The normalized spacial score (nSPS) is 21.4. The largest absolute Gasteiger partial charge is 0.454 e. The molecule has 0 bridgehead atoms. The van der Waals surface area contributed by atoms with Gasteiger partial charge >= 0.3 is 11.7 Å². The minimum absolute atomic E-state index is 0.116. The maximum atomic E-state index is 11.8. The monoisotopic (exact) mass is 261 g/mol. The maximum Gasteiger partial charge on any atom is 0.332 e. The highest BCUT2D eigenvalue weighted by atomic mass is 32.1. The Morgan fingerprint density at radius 2 is 2.11 bits per heavy atom. The zero-order valence-corrected chi connectivity index (χ0v) is 10.5. The van der Waals surface area contributed by atoms with Gasteiger partial charge in [0.05, 0.1) is 6.04 Å². The molecule has 2 aromatic rings. The molecule has 92 valence electrons. The number of hydrogen-bond donors (Lipinski definition) is 1. The van der Waals surface area contributed by atoms with Crippen LogP contribution in [0.15, 0.2) is 35.1 Å². The Kier molecular flexibility index (Phi) is 2.52. The highest BCUT2D eigenvalue weighted by Crippen LogP contribution is 2.36. The lowest BCUT2D eigenvalue weighted by molar-refractivity contribution is 0.206. The van der Waals surface area contributed by atoms with Crippen LogP contribution in [0, 0.1) is 4.77 Å². The van der Waals surface area contributed by atoms with Crippen LogP contribution < -0.4 is 10.4 Å². The second-order valence-electron chi connectivity index (χ2n) is 4.19. The average Bonchev–Trinajstić information content (AvgIpc) is 2.67. The molecule has 0 unspecified atom stereocenters. The fourth-order valence-corrected chi connectivity index (χ4v) is 2.35. The summed E-state index contributed by atoms with van der Waals surface area (Å²) in [6, 6.07) is 9.92. The van der Waals surface area contributed by atoms with Gasteiger partial charge in [0, 0.05) is 0 Å². The van der Waals surface area contributed by atoms with Crippen molar-refractivity contribution in [2.24, 2.45) is 0 Å². The van der Waals surface area contributed by atoms with Crippen LogP contribution >= 0.6 is 12.2 Å². The first-order valence-electron chi connectivity index (χ1n) is 5.61. The fourth-order valence-electron chi connectivity index (χ4n) is 2.19. The van der Waals surface area contributed by atoms with E-state index in [0.29, 0.717) is 0 Å². The number of hydrogen-bond acceptors (Lipinski definition) is 4. The molecule has 0 saturated heterocycles. The summed E-state index contributed by atoms with van der Waals surface area (Å²) in [5.41, 5.74) is 0.733. The van der Waals surface area contributed by atoms with Gasteiger partial charge in [-0.05, 0) is 24.7 Å². The van der Waals surface area contributed by atoms with Crippen molar-refractivity contribution in [3.63, 3.8) is 0 Å². The molecule has 2 heterocycles. The third-order valence-electron chi connectivity index (χ3n) is 3.04. The third kappa shape index (κ3) is 1.65. The number of H-pyrrole nitrogens is 1. The lowest BCUT2D eigenvalue weighted by Crippen LogP contribution is -2.24.